The maximum atomic E-state index is 12.6. The quantitative estimate of drug-likeness (QED) is 0.639. The Labute approximate surface area is 140 Å². The van der Waals surface area contributed by atoms with Crippen molar-refractivity contribution in [1.82, 2.24) is 4.90 Å². The summed E-state index contributed by atoms with van der Waals surface area (Å²) >= 11 is 3.17. The van der Waals surface area contributed by atoms with Gasteiger partial charge in [-0.05, 0) is 36.8 Å². The molecule has 122 valence electrons. The number of carbonyl (C=O) groups excluding carboxylic acids is 1. The highest BCUT2D eigenvalue weighted by Gasteiger charge is 2.59. The molecule has 3 rings (SSSR count). The summed E-state index contributed by atoms with van der Waals surface area (Å²) in [5.41, 5.74) is -0.326. The second kappa shape index (κ2) is 5.59. The van der Waals surface area contributed by atoms with Gasteiger partial charge in [-0.25, -0.2) is 0 Å². The minimum absolute atomic E-state index is 0.0692. The molecule has 23 heavy (non-hydrogen) atoms. The number of nitrogens with zero attached hydrogens (tertiary/aromatic N) is 2. The van der Waals surface area contributed by atoms with Crippen LogP contribution in [0, 0.1) is 21.4 Å². The summed E-state index contributed by atoms with van der Waals surface area (Å²) in [7, 11) is 0. The first-order valence-electron chi connectivity index (χ1n) is 7.30. The van der Waals surface area contributed by atoms with Crippen molar-refractivity contribution in [3.05, 3.63) is 38.3 Å². The molecule has 1 spiro atoms. The lowest BCUT2D eigenvalue weighted by Crippen LogP contribution is -2.40. The third-order valence-corrected chi connectivity index (χ3v) is 5.41. The summed E-state index contributed by atoms with van der Waals surface area (Å²) in [5, 5.41) is 20.2. The molecule has 2 aliphatic rings. The Morgan fingerprint density at radius 3 is 2.52 bits per heavy atom. The maximum absolute atomic E-state index is 12.6. The van der Waals surface area contributed by atoms with Crippen molar-refractivity contribution in [3.63, 3.8) is 0 Å². The van der Waals surface area contributed by atoms with Crippen molar-refractivity contribution in [2.24, 2.45) is 11.3 Å². The molecule has 1 unspecified atom stereocenters. The van der Waals surface area contributed by atoms with Gasteiger partial charge in [-0.3, -0.25) is 19.7 Å². The predicted molar refractivity (Wildman–Crippen MR) is 84.1 cm³/mol. The van der Waals surface area contributed by atoms with Crippen LogP contribution in [0.15, 0.2) is 22.7 Å². The molecule has 1 saturated heterocycles. The zero-order chi connectivity index (χ0) is 16.8. The molecule has 1 amide bonds. The van der Waals surface area contributed by atoms with E-state index in [-0.39, 0.29) is 28.5 Å². The van der Waals surface area contributed by atoms with E-state index in [0.29, 0.717) is 36.8 Å². The van der Waals surface area contributed by atoms with Crippen molar-refractivity contribution in [2.45, 2.75) is 19.3 Å². The van der Waals surface area contributed by atoms with Crippen molar-refractivity contribution in [1.29, 1.82) is 0 Å². The van der Waals surface area contributed by atoms with Crippen LogP contribution in [0.3, 0.4) is 0 Å². The number of halogens is 1. The van der Waals surface area contributed by atoms with Gasteiger partial charge >= 0.3 is 5.97 Å². The minimum Gasteiger partial charge on any atom is -0.481 e. The number of nitro groups is 1. The molecule has 0 aromatic heterocycles. The van der Waals surface area contributed by atoms with Crippen molar-refractivity contribution < 1.29 is 19.6 Å². The average Bonchev–Trinajstić information content (AvgIpc) is 3.21. The molecule has 7 nitrogen and oxygen atoms in total. The highest BCUT2D eigenvalue weighted by atomic mass is 79.9. The van der Waals surface area contributed by atoms with Gasteiger partial charge in [0.05, 0.1) is 10.8 Å². The number of carboxylic acid groups (broad SMARTS) is 1. The third-order valence-electron chi connectivity index (χ3n) is 4.92. The van der Waals surface area contributed by atoms with Gasteiger partial charge in [0.1, 0.15) is 5.56 Å². The Balaban J connectivity index is 1.74. The first-order chi connectivity index (χ1) is 10.8. The Morgan fingerprint density at radius 1 is 1.35 bits per heavy atom. The molecule has 1 aromatic carbocycles. The van der Waals surface area contributed by atoms with E-state index in [1.54, 1.807) is 11.0 Å². The zero-order valence-electron chi connectivity index (χ0n) is 12.2. The number of likely N-dealkylation sites (tertiary alicyclic amines) is 1. The molecule has 2 fully saturated rings. The molecule has 1 N–H and O–H groups in total. The van der Waals surface area contributed by atoms with E-state index in [1.807, 2.05) is 0 Å². The summed E-state index contributed by atoms with van der Waals surface area (Å²) in [6.07, 6.45) is 1.95. The van der Waals surface area contributed by atoms with E-state index in [0.717, 1.165) is 0 Å². The van der Waals surface area contributed by atoms with Crippen molar-refractivity contribution in [2.75, 3.05) is 13.1 Å². The van der Waals surface area contributed by atoms with Gasteiger partial charge in [0.15, 0.2) is 0 Å². The van der Waals surface area contributed by atoms with E-state index in [1.165, 1.54) is 12.1 Å². The molecule has 8 heteroatoms. The fourth-order valence-corrected chi connectivity index (χ4v) is 3.76. The van der Waals surface area contributed by atoms with Gasteiger partial charge in [0, 0.05) is 23.6 Å². The molecule has 0 radical (unpaired) electrons. The van der Waals surface area contributed by atoms with Crippen LogP contribution in [0.5, 0.6) is 0 Å². The van der Waals surface area contributed by atoms with Gasteiger partial charge in [-0.15, -0.1) is 0 Å². The monoisotopic (exact) mass is 382 g/mol. The third kappa shape index (κ3) is 2.83. The summed E-state index contributed by atoms with van der Waals surface area (Å²) in [4.78, 5) is 35.8. The molecule has 1 heterocycles. The number of aliphatic carboxylic acids is 1. The smallest absolute Gasteiger partial charge is 0.307 e. The predicted octanol–water partition coefficient (Wildman–Crippen LogP) is 2.68. The number of amides is 1. The Hall–Kier alpha value is -1.96. The largest absolute Gasteiger partial charge is 0.481 e. The molecule has 1 aliphatic heterocycles. The average molecular weight is 383 g/mol. The van der Waals surface area contributed by atoms with Crippen LogP contribution in [0.2, 0.25) is 0 Å². The van der Waals surface area contributed by atoms with Crippen LogP contribution in [-0.4, -0.2) is 39.9 Å². The number of hydrogen-bond acceptors (Lipinski definition) is 4. The lowest BCUT2D eigenvalue weighted by atomic mass is 9.90. The van der Waals surface area contributed by atoms with E-state index in [9.17, 15) is 19.7 Å². The van der Waals surface area contributed by atoms with E-state index < -0.39 is 10.9 Å². The second-order valence-corrected chi connectivity index (χ2v) is 7.08. The Morgan fingerprint density at radius 2 is 2.00 bits per heavy atom. The topological polar surface area (TPSA) is 101 Å². The van der Waals surface area contributed by atoms with Crippen LogP contribution in [0.1, 0.15) is 29.6 Å². The minimum atomic E-state index is -0.770. The van der Waals surface area contributed by atoms with Gasteiger partial charge in [-0.2, -0.15) is 0 Å². The standard InChI is InChI=1S/C15H15BrN2O5/c16-9-1-2-10(12(7-9)18(22)23)13(19)17-5-3-15(4-6-17)8-11(15)14(20)21/h1-2,7,11H,3-6,8H2,(H,20,21). The SMILES string of the molecule is O=C(O)C1CC12CCN(C(=O)c1ccc(Br)cc1[N+](=O)[O-])CC2. The van der Waals surface area contributed by atoms with E-state index in [2.05, 4.69) is 15.9 Å². The lowest BCUT2D eigenvalue weighted by Gasteiger charge is -2.32. The molecule has 1 atom stereocenters. The van der Waals surface area contributed by atoms with Gasteiger partial charge < -0.3 is 10.0 Å². The van der Waals surface area contributed by atoms with E-state index in [4.69, 9.17) is 5.11 Å². The summed E-state index contributed by atoms with van der Waals surface area (Å²) in [6.45, 7) is 0.881. The van der Waals surface area contributed by atoms with Gasteiger partial charge in [0.2, 0.25) is 0 Å². The summed E-state index contributed by atoms with van der Waals surface area (Å²) in [6, 6.07) is 4.37. The Bertz CT molecular complexity index is 697. The van der Waals surface area contributed by atoms with Crippen LogP contribution in [0.25, 0.3) is 0 Å². The normalized spacial score (nSPS) is 22.0. The number of rotatable bonds is 3. The molecule has 1 aliphatic carbocycles. The molecule has 1 aromatic rings. The number of carboxylic acids is 1. The summed E-state index contributed by atoms with van der Waals surface area (Å²) in [5.74, 6) is -1.44. The van der Waals surface area contributed by atoms with Crippen LogP contribution < -0.4 is 0 Å². The van der Waals surface area contributed by atoms with Crippen molar-refractivity contribution in [3.8, 4) is 0 Å². The zero-order valence-corrected chi connectivity index (χ0v) is 13.8. The van der Waals surface area contributed by atoms with Crippen molar-refractivity contribution >= 4 is 33.5 Å². The van der Waals surface area contributed by atoms with Gasteiger partial charge in [-0.1, -0.05) is 15.9 Å². The fraction of sp³-hybridized carbons (Fsp3) is 0.467. The van der Waals surface area contributed by atoms with Crippen LogP contribution in [0.4, 0.5) is 5.69 Å². The molecule has 1 saturated carbocycles. The fourth-order valence-electron chi connectivity index (χ4n) is 3.41. The van der Waals surface area contributed by atoms with Gasteiger partial charge in [0.25, 0.3) is 11.6 Å². The highest BCUT2D eigenvalue weighted by molar-refractivity contribution is 9.10. The Kier molecular flexibility index (Phi) is 3.87. The molecule has 0 bridgehead atoms. The number of carbonyl (C=O) groups is 2. The molecular formula is C15H15BrN2O5. The lowest BCUT2D eigenvalue weighted by molar-refractivity contribution is -0.385. The molecular weight excluding hydrogens is 368 g/mol. The first kappa shape index (κ1) is 15.9. The first-order valence-corrected chi connectivity index (χ1v) is 8.09. The number of benzene rings is 1. The number of piperidine rings is 1. The summed E-state index contributed by atoms with van der Waals surface area (Å²) < 4.78 is 0.542. The highest BCUT2D eigenvalue weighted by Crippen LogP contribution is 2.59. The van der Waals surface area contributed by atoms with Crippen LogP contribution in [-0.2, 0) is 4.79 Å². The maximum Gasteiger partial charge on any atom is 0.307 e. The van der Waals surface area contributed by atoms with E-state index >= 15 is 0 Å². The van der Waals surface area contributed by atoms with Crippen LogP contribution >= 0.6 is 15.9 Å². The number of nitro benzene ring substituents is 1. The second-order valence-electron chi connectivity index (χ2n) is 6.17. The number of hydrogen-bond donors (Lipinski definition) is 1.